The van der Waals surface area contributed by atoms with Gasteiger partial charge in [-0.05, 0) is 89.9 Å². The van der Waals surface area contributed by atoms with Crippen molar-refractivity contribution in [1.82, 2.24) is 0 Å². The average molecular weight is 813 g/mol. The second kappa shape index (κ2) is 47.1. The third kappa shape index (κ3) is 44.5. The van der Waals surface area contributed by atoms with Crippen molar-refractivity contribution in [2.75, 3.05) is 13.2 Å². The fourth-order valence-electron chi connectivity index (χ4n) is 6.75. The molecule has 0 N–H and O–H groups in total. The van der Waals surface area contributed by atoms with E-state index >= 15 is 0 Å². The summed E-state index contributed by atoms with van der Waals surface area (Å²) in [5, 5.41) is 0. The molecule has 1 unspecified atom stereocenters. The maximum atomic E-state index is 12.7. The summed E-state index contributed by atoms with van der Waals surface area (Å²) in [7, 11) is 0. The van der Waals surface area contributed by atoms with Gasteiger partial charge in [-0.25, -0.2) is 0 Å². The van der Waals surface area contributed by atoms with Crippen molar-refractivity contribution >= 4 is 17.9 Å². The molecule has 6 nitrogen and oxygen atoms in total. The van der Waals surface area contributed by atoms with Crippen LogP contribution in [0.5, 0.6) is 0 Å². The van der Waals surface area contributed by atoms with E-state index in [0.29, 0.717) is 19.3 Å². The van der Waals surface area contributed by atoms with Crippen LogP contribution in [0.1, 0.15) is 245 Å². The minimum absolute atomic E-state index is 0.0855. The third-order valence-electron chi connectivity index (χ3n) is 10.5. The van der Waals surface area contributed by atoms with Crippen molar-refractivity contribution in [3.05, 3.63) is 48.6 Å². The zero-order valence-corrected chi connectivity index (χ0v) is 38.3. The van der Waals surface area contributed by atoms with Gasteiger partial charge in [-0.3, -0.25) is 14.4 Å². The lowest BCUT2D eigenvalue weighted by Gasteiger charge is -2.18. The van der Waals surface area contributed by atoms with E-state index < -0.39 is 6.10 Å². The van der Waals surface area contributed by atoms with Crippen LogP contribution in [0, 0.1) is 0 Å². The van der Waals surface area contributed by atoms with E-state index in [1.807, 2.05) is 0 Å². The van der Waals surface area contributed by atoms with Crippen LogP contribution in [0.4, 0.5) is 0 Å². The second-order valence-electron chi connectivity index (χ2n) is 16.4. The summed E-state index contributed by atoms with van der Waals surface area (Å²) >= 11 is 0. The molecule has 58 heavy (non-hydrogen) atoms. The van der Waals surface area contributed by atoms with Crippen molar-refractivity contribution < 1.29 is 28.6 Å². The fraction of sp³-hybridized carbons (Fsp3) is 0.788. The van der Waals surface area contributed by atoms with Crippen LogP contribution in [0.2, 0.25) is 0 Å². The molecule has 0 aromatic rings. The lowest BCUT2D eigenvalue weighted by atomic mass is 10.1. The van der Waals surface area contributed by atoms with Gasteiger partial charge in [-0.1, -0.05) is 185 Å². The largest absolute Gasteiger partial charge is 0.462 e. The highest BCUT2D eigenvalue weighted by atomic mass is 16.6. The van der Waals surface area contributed by atoms with Crippen LogP contribution in [-0.4, -0.2) is 37.2 Å². The van der Waals surface area contributed by atoms with E-state index in [1.165, 1.54) is 103 Å². The minimum Gasteiger partial charge on any atom is -0.462 e. The lowest BCUT2D eigenvalue weighted by Crippen LogP contribution is -2.30. The number of carbonyl (C=O) groups is 3. The number of unbranched alkanes of at least 4 members (excludes halogenated alkanes) is 25. The first-order valence-electron chi connectivity index (χ1n) is 24.6. The molecule has 0 heterocycles. The molecule has 0 aromatic heterocycles. The van der Waals surface area contributed by atoms with Gasteiger partial charge in [-0.15, -0.1) is 0 Å². The number of carbonyl (C=O) groups excluding carboxylic acids is 3. The van der Waals surface area contributed by atoms with Crippen molar-refractivity contribution in [3.63, 3.8) is 0 Å². The molecule has 0 aliphatic rings. The van der Waals surface area contributed by atoms with Crippen LogP contribution < -0.4 is 0 Å². The number of hydrogen-bond donors (Lipinski definition) is 0. The zero-order valence-electron chi connectivity index (χ0n) is 38.3. The molecule has 0 bridgehead atoms. The second-order valence-corrected chi connectivity index (χ2v) is 16.4. The van der Waals surface area contributed by atoms with Gasteiger partial charge in [0.25, 0.3) is 0 Å². The molecule has 6 heteroatoms. The van der Waals surface area contributed by atoms with Gasteiger partial charge in [0.15, 0.2) is 6.10 Å². The van der Waals surface area contributed by atoms with Crippen molar-refractivity contribution in [2.45, 2.75) is 252 Å². The Bertz CT molecular complexity index is 1030. The van der Waals surface area contributed by atoms with Gasteiger partial charge in [-0.2, -0.15) is 0 Å². The van der Waals surface area contributed by atoms with Crippen LogP contribution in [0.15, 0.2) is 48.6 Å². The Morgan fingerprint density at radius 3 is 1.09 bits per heavy atom. The summed E-state index contributed by atoms with van der Waals surface area (Å²) in [6.07, 6.45) is 55.2. The predicted octanol–water partition coefficient (Wildman–Crippen LogP) is 15.9. The molecule has 0 amide bonds. The molecule has 0 saturated heterocycles. The van der Waals surface area contributed by atoms with Gasteiger partial charge in [0.1, 0.15) is 13.2 Å². The maximum Gasteiger partial charge on any atom is 0.306 e. The van der Waals surface area contributed by atoms with Crippen LogP contribution in [0.3, 0.4) is 0 Å². The first kappa shape index (κ1) is 55.4. The summed E-state index contributed by atoms with van der Waals surface area (Å²) in [5.41, 5.74) is 0. The topological polar surface area (TPSA) is 78.9 Å². The van der Waals surface area contributed by atoms with E-state index in [2.05, 4.69) is 69.4 Å². The quantitative estimate of drug-likeness (QED) is 0.0264. The number of ether oxygens (including phenoxy) is 3. The van der Waals surface area contributed by atoms with E-state index in [0.717, 1.165) is 103 Å². The molecule has 336 valence electrons. The standard InChI is InChI=1S/C52H92O6/c1-4-7-10-13-16-19-22-24-25-26-28-30-33-36-39-42-45-51(54)57-48-49(47-56-50(53)44-41-38-35-32-29-21-18-15-12-9-6-3)58-52(55)46-43-40-37-34-31-27-23-20-17-14-11-8-5-2/h11,14-15,18,20,23,25-26,49H,4-10,12-13,16-17,19,21-22,24,27-48H2,1-3H3/b14-11-,18-15-,23-20-,26-25-. The highest BCUT2D eigenvalue weighted by molar-refractivity contribution is 5.71. The predicted molar refractivity (Wildman–Crippen MR) is 247 cm³/mol. The third-order valence-corrected chi connectivity index (χ3v) is 10.5. The Kier molecular flexibility index (Phi) is 44.9. The lowest BCUT2D eigenvalue weighted by molar-refractivity contribution is -0.167. The van der Waals surface area contributed by atoms with Crippen LogP contribution in [-0.2, 0) is 28.6 Å². The van der Waals surface area contributed by atoms with Crippen molar-refractivity contribution in [3.8, 4) is 0 Å². The number of rotatable bonds is 44. The number of allylic oxidation sites excluding steroid dienone is 8. The van der Waals surface area contributed by atoms with Crippen LogP contribution in [0.25, 0.3) is 0 Å². The van der Waals surface area contributed by atoms with Crippen molar-refractivity contribution in [2.24, 2.45) is 0 Å². The molecule has 0 aliphatic carbocycles. The monoisotopic (exact) mass is 813 g/mol. The van der Waals surface area contributed by atoms with E-state index in [4.69, 9.17) is 14.2 Å². The molecule has 0 rings (SSSR count). The highest BCUT2D eigenvalue weighted by Gasteiger charge is 2.19. The van der Waals surface area contributed by atoms with E-state index in [-0.39, 0.29) is 31.1 Å². The fourth-order valence-corrected chi connectivity index (χ4v) is 6.75. The Hall–Kier alpha value is -2.63. The number of esters is 3. The smallest absolute Gasteiger partial charge is 0.306 e. The first-order chi connectivity index (χ1) is 28.5. The molecule has 0 saturated carbocycles. The molecule has 0 aromatic carbocycles. The molecule has 0 fully saturated rings. The Morgan fingerprint density at radius 1 is 0.345 bits per heavy atom. The number of hydrogen-bond acceptors (Lipinski definition) is 6. The van der Waals surface area contributed by atoms with E-state index in [9.17, 15) is 14.4 Å². The van der Waals surface area contributed by atoms with Crippen molar-refractivity contribution in [1.29, 1.82) is 0 Å². The molecule has 1 atom stereocenters. The van der Waals surface area contributed by atoms with Gasteiger partial charge in [0.05, 0.1) is 0 Å². The van der Waals surface area contributed by atoms with Gasteiger partial charge < -0.3 is 14.2 Å². The van der Waals surface area contributed by atoms with Gasteiger partial charge in [0, 0.05) is 19.3 Å². The molecule has 0 radical (unpaired) electrons. The molecule has 0 aliphatic heterocycles. The summed E-state index contributed by atoms with van der Waals surface area (Å²) < 4.78 is 16.7. The zero-order chi connectivity index (χ0) is 42.3. The summed E-state index contributed by atoms with van der Waals surface area (Å²) in [6.45, 7) is 6.51. The van der Waals surface area contributed by atoms with E-state index in [1.54, 1.807) is 0 Å². The Labute approximate surface area is 358 Å². The minimum atomic E-state index is -0.784. The first-order valence-corrected chi connectivity index (χ1v) is 24.6. The summed E-state index contributed by atoms with van der Waals surface area (Å²) in [5.74, 6) is -0.915. The van der Waals surface area contributed by atoms with Crippen LogP contribution >= 0.6 is 0 Å². The molecular weight excluding hydrogens is 721 g/mol. The van der Waals surface area contributed by atoms with Gasteiger partial charge >= 0.3 is 17.9 Å². The average Bonchev–Trinajstić information content (AvgIpc) is 3.22. The SMILES string of the molecule is CCC/C=C\C/C=C\CCCCCCCC(=O)OC(COC(=O)CCCCCCC/C=C\CCCC)COC(=O)CCCCCCC/C=C\CCCCCCCCC. The summed E-state index contributed by atoms with van der Waals surface area (Å²) in [6, 6.07) is 0. The molecular formula is C52H92O6. The van der Waals surface area contributed by atoms with Gasteiger partial charge in [0.2, 0.25) is 0 Å². The highest BCUT2D eigenvalue weighted by Crippen LogP contribution is 2.14. The summed E-state index contributed by atoms with van der Waals surface area (Å²) in [4.78, 5) is 37.8. The molecule has 0 spiro atoms. The normalized spacial score (nSPS) is 12.4. The Balaban J connectivity index is 4.39. The maximum absolute atomic E-state index is 12.7. The Morgan fingerprint density at radius 2 is 0.672 bits per heavy atom.